The highest BCUT2D eigenvalue weighted by molar-refractivity contribution is 8.18. The summed E-state index contributed by atoms with van der Waals surface area (Å²) >= 11 is 7.43. The number of allylic oxidation sites excluding steroid dienone is 5. The van der Waals surface area contributed by atoms with Crippen molar-refractivity contribution in [3.8, 4) is 0 Å². The number of likely N-dealkylation sites (N-methyl/N-ethyl adjacent to an activating group) is 1. The van der Waals surface area contributed by atoms with Gasteiger partial charge in [-0.05, 0) is 53.6 Å². The monoisotopic (exact) mass is 406 g/mol. The van der Waals surface area contributed by atoms with Gasteiger partial charge in [-0.2, -0.15) is 0 Å². The first-order valence-electron chi connectivity index (χ1n) is 9.05. The summed E-state index contributed by atoms with van der Waals surface area (Å²) in [5, 5.41) is 1.44. The standard InChI is InChI=1S/C23H19ClN2OS/c1-26-22(27)21(28-23(26)25-20-8-3-2-4-9-20)15-16-6-5-7-18(14-16)17-10-12-19(24)13-11-17/h2-13,15-16H,14H2,1H3/b21-15-,25-23?. The van der Waals surface area contributed by atoms with E-state index in [1.54, 1.807) is 11.9 Å². The number of rotatable bonds is 3. The fourth-order valence-electron chi connectivity index (χ4n) is 3.17. The minimum Gasteiger partial charge on any atom is -0.290 e. The number of thioether (sulfide) groups is 1. The summed E-state index contributed by atoms with van der Waals surface area (Å²) in [4.78, 5) is 19.6. The van der Waals surface area contributed by atoms with Crippen LogP contribution in [0.2, 0.25) is 5.02 Å². The normalized spacial score (nSPS) is 22.2. The zero-order valence-electron chi connectivity index (χ0n) is 15.4. The molecular formula is C23H19ClN2OS. The summed E-state index contributed by atoms with van der Waals surface area (Å²) < 4.78 is 0. The second-order valence-corrected chi connectivity index (χ2v) is 8.12. The maximum absolute atomic E-state index is 12.7. The number of benzene rings is 2. The van der Waals surface area contributed by atoms with Crippen molar-refractivity contribution in [3.05, 3.63) is 94.4 Å². The predicted molar refractivity (Wildman–Crippen MR) is 119 cm³/mol. The fraction of sp³-hybridized carbons (Fsp3) is 0.130. The first kappa shape index (κ1) is 18.8. The molecule has 2 aliphatic rings. The van der Waals surface area contributed by atoms with Crippen LogP contribution in [0.1, 0.15) is 12.0 Å². The lowest BCUT2D eigenvalue weighted by Crippen LogP contribution is -2.23. The molecule has 2 aromatic rings. The number of amidine groups is 1. The van der Waals surface area contributed by atoms with Crippen molar-refractivity contribution in [2.75, 3.05) is 7.05 Å². The topological polar surface area (TPSA) is 32.7 Å². The van der Waals surface area contributed by atoms with Gasteiger partial charge in [0, 0.05) is 18.0 Å². The Morgan fingerprint density at radius 3 is 2.64 bits per heavy atom. The van der Waals surface area contributed by atoms with Gasteiger partial charge in [0.25, 0.3) is 5.91 Å². The number of halogens is 1. The number of aliphatic imine (C=N–C) groups is 1. The molecule has 1 aliphatic heterocycles. The highest BCUT2D eigenvalue weighted by atomic mass is 35.5. The summed E-state index contributed by atoms with van der Waals surface area (Å²) in [5.74, 6) is 0.169. The average molecular weight is 407 g/mol. The Bertz CT molecular complexity index is 1010. The Morgan fingerprint density at radius 2 is 1.89 bits per heavy atom. The number of hydrogen-bond donors (Lipinski definition) is 0. The van der Waals surface area contributed by atoms with Gasteiger partial charge in [-0.3, -0.25) is 9.69 Å². The van der Waals surface area contributed by atoms with Crippen LogP contribution >= 0.6 is 23.4 Å². The molecule has 5 heteroatoms. The molecule has 28 heavy (non-hydrogen) atoms. The van der Waals surface area contributed by atoms with Gasteiger partial charge in [-0.25, -0.2) is 4.99 Å². The molecule has 3 nitrogen and oxygen atoms in total. The van der Waals surface area contributed by atoms with E-state index in [-0.39, 0.29) is 11.8 Å². The first-order valence-corrected chi connectivity index (χ1v) is 10.2. The van der Waals surface area contributed by atoms with Crippen molar-refractivity contribution in [3.63, 3.8) is 0 Å². The van der Waals surface area contributed by atoms with Gasteiger partial charge in [0.15, 0.2) is 5.17 Å². The van der Waals surface area contributed by atoms with E-state index < -0.39 is 0 Å². The van der Waals surface area contributed by atoms with Crippen molar-refractivity contribution in [1.82, 2.24) is 4.90 Å². The quantitative estimate of drug-likeness (QED) is 0.579. The van der Waals surface area contributed by atoms with Gasteiger partial charge in [0.05, 0.1) is 10.6 Å². The van der Waals surface area contributed by atoms with Crippen molar-refractivity contribution in [1.29, 1.82) is 0 Å². The van der Waals surface area contributed by atoms with Crippen LogP contribution in [0.3, 0.4) is 0 Å². The summed E-state index contributed by atoms with van der Waals surface area (Å²) in [6.07, 6.45) is 9.21. The lowest BCUT2D eigenvalue weighted by molar-refractivity contribution is -0.121. The Morgan fingerprint density at radius 1 is 1.14 bits per heavy atom. The predicted octanol–water partition coefficient (Wildman–Crippen LogP) is 6.08. The van der Waals surface area contributed by atoms with Gasteiger partial charge in [0.1, 0.15) is 0 Å². The Balaban J connectivity index is 1.52. The van der Waals surface area contributed by atoms with Crippen LogP contribution in [0.4, 0.5) is 5.69 Å². The Hall–Kier alpha value is -2.56. The number of para-hydroxylation sites is 1. The third-order valence-corrected chi connectivity index (χ3v) is 6.01. The highest BCUT2D eigenvalue weighted by Gasteiger charge is 2.31. The number of hydrogen-bond acceptors (Lipinski definition) is 3. The molecular weight excluding hydrogens is 388 g/mol. The largest absolute Gasteiger partial charge is 0.290 e. The fourth-order valence-corrected chi connectivity index (χ4v) is 4.33. The lowest BCUT2D eigenvalue weighted by atomic mass is 9.89. The van der Waals surface area contributed by atoms with Crippen LogP contribution < -0.4 is 0 Å². The molecule has 4 rings (SSSR count). The third kappa shape index (κ3) is 4.13. The molecule has 1 saturated heterocycles. The third-order valence-electron chi connectivity index (χ3n) is 4.68. The summed E-state index contributed by atoms with van der Waals surface area (Å²) in [6, 6.07) is 17.6. The van der Waals surface area contributed by atoms with E-state index in [0.717, 1.165) is 27.6 Å². The van der Waals surface area contributed by atoms with Crippen molar-refractivity contribution in [2.24, 2.45) is 10.9 Å². The summed E-state index contributed by atoms with van der Waals surface area (Å²) in [7, 11) is 1.77. The lowest BCUT2D eigenvalue weighted by Gasteiger charge is -2.16. The van der Waals surface area contributed by atoms with E-state index in [0.29, 0.717) is 5.17 Å². The van der Waals surface area contributed by atoms with Crippen LogP contribution in [0.25, 0.3) is 5.57 Å². The van der Waals surface area contributed by atoms with Crippen LogP contribution in [0, 0.1) is 5.92 Å². The molecule has 1 amide bonds. The van der Waals surface area contributed by atoms with Crippen LogP contribution in [-0.4, -0.2) is 23.0 Å². The molecule has 1 atom stereocenters. The number of carbonyl (C=O) groups is 1. The summed E-state index contributed by atoms with van der Waals surface area (Å²) in [5.41, 5.74) is 3.24. The first-order chi connectivity index (χ1) is 13.6. The van der Waals surface area contributed by atoms with E-state index >= 15 is 0 Å². The van der Waals surface area contributed by atoms with Gasteiger partial charge in [-0.1, -0.05) is 66.2 Å². The molecule has 2 aromatic carbocycles. The molecule has 140 valence electrons. The van der Waals surface area contributed by atoms with Gasteiger partial charge in [-0.15, -0.1) is 0 Å². The molecule has 0 saturated carbocycles. The zero-order chi connectivity index (χ0) is 19.5. The maximum atomic E-state index is 12.7. The van der Waals surface area contributed by atoms with E-state index in [2.05, 4.69) is 29.3 Å². The van der Waals surface area contributed by atoms with Gasteiger partial charge in [0.2, 0.25) is 0 Å². The van der Waals surface area contributed by atoms with E-state index in [4.69, 9.17) is 11.6 Å². The maximum Gasteiger partial charge on any atom is 0.266 e. The minimum absolute atomic E-state index is 0.00400. The second kappa shape index (κ2) is 8.21. The van der Waals surface area contributed by atoms with Crippen LogP contribution in [0.5, 0.6) is 0 Å². The smallest absolute Gasteiger partial charge is 0.266 e. The molecule has 0 N–H and O–H groups in total. The number of carbonyl (C=O) groups excluding carboxylic acids is 1. The second-order valence-electron chi connectivity index (χ2n) is 6.68. The minimum atomic E-state index is -0.00400. The Kier molecular flexibility index (Phi) is 5.51. The molecule has 1 unspecified atom stereocenters. The molecule has 1 aliphatic carbocycles. The Labute approximate surface area is 174 Å². The molecule has 0 bridgehead atoms. The van der Waals surface area contributed by atoms with Crippen molar-refractivity contribution < 1.29 is 4.79 Å². The molecule has 0 spiro atoms. The van der Waals surface area contributed by atoms with Gasteiger partial charge < -0.3 is 0 Å². The SMILES string of the molecule is CN1C(=O)/C(=C/C2C=CC=C(c3ccc(Cl)cc3)C2)SC1=Nc1ccccc1. The molecule has 0 aromatic heterocycles. The van der Waals surface area contributed by atoms with Crippen molar-refractivity contribution in [2.45, 2.75) is 6.42 Å². The van der Waals surface area contributed by atoms with E-state index in [1.807, 2.05) is 54.6 Å². The van der Waals surface area contributed by atoms with E-state index in [9.17, 15) is 4.79 Å². The number of amides is 1. The molecule has 1 fully saturated rings. The number of nitrogens with zero attached hydrogens (tertiary/aromatic N) is 2. The summed E-state index contributed by atoms with van der Waals surface area (Å²) in [6.45, 7) is 0. The molecule has 0 radical (unpaired) electrons. The van der Waals surface area contributed by atoms with Crippen LogP contribution in [0.15, 0.2) is 88.8 Å². The van der Waals surface area contributed by atoms with E-state index in [1.165, 1.54) is 17.3 Å². The zero-order valence-corrected chi connectivity index (χ0v) is 17.0. The molecule has 1 heterocycles. The van der Waals surface area contributed by atoms with Gasteiger partial charge >= 0.3 is 0 Å². The highest BCUT2D eigenvalue weighted by Crippen LogP contribution is 2.35. The van der Waals surface area contributed by atoms with Crippen molar-refractivity contribution >= 4 is 45.7 Å². The average Bonchev–Trinajstić information content (AvgIpc) is 2.97. The van der Waals surface area contributed by atoms with Crippen LogP contribution in [-0.2, 0) is 4.79 Å².